The molecule has 1 N–H and O–H groups in total. The van der Waals surface area contributed by atoms with Gasteiger partial charge in [-0.05, 0) is 46.2 Å². The zero-order valence-corrected chi connectivity index (χ0v) is 7.76. The van der Waals surface area contributed by atoms with Gasteiger partial charge < -0.3 is 10.1 Å². The van der Waals surface area contributed by atoms with Crippen LogP contribution in [0.3, 0.4) is 0 Å². The highest BCUT2D eigenvalue weighted by Gasteiger charge is 2.29. The van der Waals surface area contributed by atoms with Crippen LogP contribution < -0.4 is 5.32 Å². The molecular weight excluding hydrogens is 138 g/mol. The van der Waals surface area contributed by atoms with Crippen LogP contribution in [0.1, 0.15) is 26.7 Å². The van der Waals surface area contributed by atoms with Crippen molar-refractivity contribution in [3.05, 3.63) is 0 Å². The molecule has 0 aromatic rings. The summed E-state index contributed by atoms with van der Waals surface area (Å²) in [5, 5.41) is 3.19. The van der Waals surface area contributed by atoms with Gasteiger partial charge in [0.2, 0.25) is 0 Å². The second kappa shape index (κ2) is 4.07. The van der Waals surface area contributed by atoms with Crippen LogP contribution in [0.25, 0.3) is 0 Å². The zero-order valence-electron chi connectivity index (χ0n) is 7.76. The third-order valence-electron chi connectivity index (χ3n) is 2.15. The zero-order chi connectivity index (χ0) is 8.27. The van der Waals surface area contributed by atoms with Gasteiger partial charge in [0.1, 0.15) is 0 Å². The van der Waals surface area contributed by atoms with Crippen LogP contribution in [0, 0.1) is 5.92 Å². The largest absolute Gasteiger partial charge is 0.376 e. The van der Waals surface area contributed by atoms with Gasteiger partial charge in [-0.1, -0.05) is 0 Å². The fourth-order valence-corrected chi connectivity index (χ4v) is 1.63. The highest BCUT2D eigenvalue weighted by atomic mass is 16.5. The Bertz CT molecular complexity index is 108. The van der Waals surface area contributed by atoms with Crippen molar-refractivity contribution in [1.82, 2.24) is 5.32 Å². The Balaban J connectivity index is 2.00. The van der Waals surface area contributed by atoms with E-state index >= 15 is 0 Å². The van der Waals surface area contributed by atoms with E-state index in [1.165, 1.54) is 12.8 Å². The van der Waals surface area contributed by atoms with Crippen molar-refractivity contribution in [3.8, 4) is 0 Å². The molecule has 0 radical (unpaired) electrons. The van der Waals surface area contributed by atoms with Crippen LogP contribution in [-0.4, -0.2) is 25.8 Å². The summed E-state index contributed by atoms with van der Waals surface area (Å²) in [6, 6.07) is 0. The van der Waals surface area contributed by atoms with E-state index in [1.807, 2.05) is 7.05 Å². The van der Waals surface area contributed by atoms with E-state index in [1.54, 1.807) is 0 Å². The molecule has 1 fully saturated rings. The Hall–Kier alpha value is -0.0800. The summed E-state index contributed by atoms with van der Waals surface area (Å²) >= 11 is 0. The van der Waals surface area contributed by atoms with Crippen molar-refractivity contribution in [2.75, 3.05) is 13.6 Å². The molecule has 0 saturated heterocycles. The van der Waals surface area contributed by atoms with Crippen molar-refractivity contribution in [2.24, 2.45) is 5.92 Å². The Morgan fingerprint density at radius 1 is 1.45 bits per heavy atom. The molecule has 2 heteroatoms. The average Bonchev–Trinajstić information content (AvgIpc) is 1.82. The first-order valence-corrected chi connectivity index (χ1v) is 4.52. The molecule has 0 atom stereocenters. The van der Waals surface area contributed by atoms with Gasteiger partial charge >= 0.3 is 0 Å². The molecule has 0 aromatic heterocycles. The maximum absolute atomic E-state index is 5.63. The minimum absolute atomic E-state index is 0.399. The van der Waals surface area contributed by atoms with Crippen LogP contribution in [0.2, 0.25) is 0 Å². The van der Waals surface area contributed by atoms with Crippen molar-refractivity contribution >= 4 is 0 Å². The fraction of sp³-hybridized carbons (Fsp3) is 1.00. The summed E-state index contributed by atoms with van der Waals surface area (Å²) in [5.74, 6) is 0.865. The van der Waals surface area contributed by atoms with E-state index in [9.17, 15) is 0 Å². The molecule has 0 aromatic carbocycles. The topological polar surface area (TPSA) is 21.3 Å². The minimum Gasteiger partial charge on any atom is -0.376 e. The quantitative estimate of drug-likeness (QED) is 0.666. The first-order valence-electron chi connectivity index (χ1n) is 4.52. The Morgan fingerprint density at radius 3 is 2.55 bits per heavy atom. The van der Waals surface area contributed by atoms with E-state index < -0.39 is 0 Å². The number of nitrogens with one attached hydrogen (secondary N) is 1. The second-order valence-corrected chi connectivity index (χ2v) is 3.70. The molecule has 11 heavy (non-hydrogen) atoms. The van der Waals surface area contributed by atoms with E-state index in [4.69, 9.17) is 4.74 Å². The van der Waals surface area contributed by atoms with Crippen molar-refractivity contribution in [1.29, 1.82) is 0 Å². The lowest BCUT2D eigenvalue weighted by Crippen LogP contribution is -2.38. The highest BCUT2D eigenvalue weighted by Crippen LogP contribution is 2.29. The van der Waals surface area contributed by atoms with Gasteiger partial charge in [0.25, 0.3) is 0 Å². The summed E-state index contributed by atoms with van der Waals surface area (Å²) in [4.78, 5) is 0. The second-order valence-electron chi connectivity index (χ2n) is 3.70. The molecule has 0 bridgehead atoms. The van der Waals surface area contributed by atoms with Crippen LogP contribution in [-0.2, 0) is 4.74 Å². The SMILES string of the molecule is CNCC1CC(OC(C)C)C1. The first kappa shape index (κ1) is 9.01. The van der Waals surface area contributed by atoms with E-state index in [2.05, 4.69) is 19.2 Å². The van der Waals surface area contributed by atoms with Crippen molar-refractivity contribution < 1.29 is 4.74 Å². The van der Waals surface area contributed by atoms with Gasteiger partial charge in [-0.25, -0.2) is 0 Å². The highest BCUT2D eigenvalue weighted by molar-refractivity contribution is 4.81. The molecule has 1 rings (SSSR count). The number of hydrogen-bond acceptors (Lipinski definition) is 2. The fourth-order valence-electron chi connectivity index (χ4n) is 1.63. The van der Waals surface area contributed by atoms with Crippen LogP contribution >= 0.6 is 0 Å². The summed E-state index contributed by atoms with van der Waals surface area (Å²) < 4.78 is 5.63. The normalized spacial score (nSPS) is 30.5. The molecule has 0 aliphatic heterocycles. The maximum Gasteiger partial charge on any atom is 0.0584 e. The number of rotatable bonds is 4. The molecule has 1 aliphatic rings. The Kier molecular flexibility index (Phi) is 3.34. The van der Waals surface area contributed by atoms with E-state index in [0.29, 0.717) is 12.2 Å². The lowest BCUT2D eigenvalue weighted by atomic mass is 9.82. The molecule has 0 amide bonds. The predicted molar refractivity (Wildman–Crippen MR) is 46.7 cm³/mol. The maximum atomic E-state index is 5.63. The summed E-state index contributed by atoms with van der Waals surface area (Å²) in [7, 11) is 2.01. The van der Waals surface area contributed by atoms with Gasteiger partial charge in [-0.3, -0.25) is 0 Å². The average molecular weight is 157 g/mol. The van der Waals surface area contributed by atoms with Gasteiger partial charge in [0, 0.05) is 0 Å². The Morgan fingerprint density at radius 2 is 2.09 bits per heavy atom. The van der Waals surface area contributed by atoms with E-state index in [-0.39, 0.29) is 0 Å². The molecule has 0 unspecified atom stereocenters. The van der Waals surface area contributed by atoms with Crippen LogP contribution in [0.15, 0.2) is 0 Å². The number of hydrogen-bond donors (Lipinski definition) is 1. The molecule has 1 saturated carbocycles. The third kappa shape index (κ3) is 2.80. The molecule has 1 aliphatic carbocycles. The standard InChI is InChI=1S/C9H19NO/c1-7(2)11-9-4-8(5-9)6-10-3/h7-10H,4-6H2,1-3H3. The van der Waals surface area contributed by atoms with Gasteiger partial charge in [-0.2, -0.15) is 0 Å². The minimum atomic E-state index is 0.399. The smallest absolute Gasteiger partial charge is 0.0584 e. The first-order chi connectivity index (χ1) is 5.22. The summed E-state index contributed by atoms with van der Waals surface area (Å²) in [6.07, 6.45) is 3.45. The molecule has 0 heterocycles. The monoisotopic (exact) mass is 157 g/mol. The lowest BCUT2D eigenvalue weighted by Gasteiger charge is -2.36. The molecule has 66 valence electrons. The Labute approximate surface area is 69.3 Å². The lowest BCUT2D eigenvalue weighted by molar-refractivity contribution is -0.0608. The number of ether oxygens (including phenoxy) is 1. The van der Waals surface area contributed by atoms with E-state index in [0.717, 1.165) is 12.5 Å². The summed E-state index contributed by atoms with van der Waals surface area (Å²) in [5.41, 5.74) is 0. The van der Waals surface area contributed by atoms with Gasteiger partial charge in [0.15, 0.2) is 0 Å². The van der Waals surface area contributed by atoms with Crippen molar-refractivity contribution in [3.63, 3.8) is 0 Å². The summed E-state index contributed by atoms with van der Waals surface area (Å²) in [6.45, 7) is 5.36. The predicted octanol–water partition coefficient (Wildman–Crippen LogP) is 1.41. The molecular formula is C9H19NO. The van der Waals surface area contributed by atoms with Crippen LogP contribution in [0.4, 0.5) is 0 Å². The molecule has 0 spiro atoms. The van der Waals surface area contributed by atoms with Gasteiger partial charge in [0.05, 0.1) is 12.2 Å². The van der Waals surface area contributed by atoms with Gasteiger partial charge in [-0.15, -0.1) is 0 Å². The van der Waals surface area contributed by atoms with Crippen LogP contribution in [0.5, 0.6) is 0 Å². The third-order valence-corrected chi connectivity index (χ3v) is 2.15. The molecule has 2 nitrogen and oxygen atoms in total. The van der Waals surface area contributed by atoms with Crippen molar-refractivity contribution in [2.45, 2.75) is 38.9 Å².